The van der Waals surface area contributed by atoms with E-state index in [0.29, 0.717) is 16.5 Å². The van der Waals surface area contributed by atoms with E-state index in [4.69, 9.17) is 21.1 Å². The van der Waals surface area contributed by atoms with Crippen molar-refractivity contribution >= 4 is 28.9 Å². The van der Waals surface area contributed by atoms with E-state index in [0.717, 1.165) is 5.56 Å². The third-order valence-electron chi connectivity index (χ3n) is 3.18. The van der Waals surface area contributed by atoms with Crippen LogP contribution in [0.15, 0.2) is 36.4 Å². The molecule has 0 unspecified atom stereocenters. The number of carbonyl (C=O) groups is 1. The first-order chi connectivity index (χ1) is 11.4. The smallest absolute Gasteiger partial charge is 0.311 e. The van der Waals surface area contributed by atoms with Crippen LogP contribution in [0.4, 0.5) is 11.4 Å². The normalized spacial score (nSPS) is 10.1. The van der Waals surface area contributed by atoms with E-state index in [1.165, 1.54) is 25.3 Å². The number of nitro groups is 1. The number of carbonyl (C=O) groups excluding carboxylic acids is 1. The minimum Gasteiger partial charge on any atom is -0.490 e. The predicted octanol–water partition coefficient (Wildman–Crippen LogP) is 3.58. The molecule has 0 saturated carbocycles. The Labute approximate surface area is 143 Å². The lowest BCUT2D eigenvalue weighted by molar-refractivity contribution is -0.385. The fraction of sp³-hybridized carbons (Fsp3) is 0.188. The minimum absolute atomic E-state index is 0.0615. The zero-order valence-corrected chi connectivity index (χ0v) is 13.8. The van der Waals surface area contributed by atoms with E-state index in [1.807, 2.05) is 6.92 Å². The Morgan fingerprint density at radius 3 is 2.67 bits per heavy atom. The van der Waals surface area contributed by atoms with Crippen molar-refractivity contribution < 1.29 is 19.2 Å². The summed E-state index contributed by atoms with van der Waals surface area (Å²) in [5, 5.41) is 14.1. The number of nitrogens with zero attached hydrogens (tertiary/aromatic N) is 1. The number of hydrogen-bond donors (Lipinski definition) is 1. The van der Waals surface area contributed by atoms with Crippen LogP contribution in [-0.4, -0.2) is 24.5 Å². The van der Waals surface area contributed by atoms with Crippen LogP contribution in [-0.2, 0) is 4.79 Å². The van der Waals surface area contributed by atoms with Gasteiger partial charge in [0.05, 0.1) is 12.0 Å². The van der Waals surface area contributed by atoms with Crippen molar-refractivity contribution in [3.05, 3.63) is 57.1 Å². The fourth-order valence-electron chi connectivity index (χ4n) is 2.00. The maximum absolute atomic E-state index is 11.9. The summed E-state index contributed by atoms with van der Waals surface area (Å²) in [6, 6.07) is 9.13. The third kappa shape index (κ3) is 4.36. The summed E-state index contributed by atoms with van der Waals surface area (Å²) in [7, 11) is 1.32. The second-order valence-electron chi connectivity index (χ2n) is 4.89. The van der Waals surface area contributed by atoms with Crippen LogP contribution >= 0.6 is 11.6 Å². The number of anilines is 1. The lowest BCUT2D eigenvalue weighted by Gasteiger charge is -2.10. The first kappa shape index (κ1) is 17.6. The lowest BCUT2D eigenvalue weighted by atomic mass is 10.2. The molecule has 0 aliphatic rings. The highest BCUT2D eigenvalue weighted by atomic mass is 35.5. The number of aryl methyl sites for hydroxylation is 1. The highest BCUT2D eigenvalue weighted by Gasteiger charge is 2.15. The topological polar surface area (TPSA) is 90.7 Å². The van der Waals surface area contributed by atoms with Crippen molar-refractivity contribution in [1.29, 1.82) is 0 Å². The average molecular weight is 351 g/mol. The summed E-state index contributed by atoms with van der Waals surface area (Å²) in [5.74, 6) is -0.00961. The van der Waals surface area contributed by atoms with Crippen LogP contribution in [0.1, 0.15) is 5.56 Å². The number of methoxy groups -OCH3 is 1. The van der Waals surface area contributed by atoms with Crippen LogP contribution in [0.5, 0.6) is 11.5 Å². The molecule has 2 rings (SSSR count). The third-order valence-corrected chi connectivity index (χ3v) is 3.42. The SMILES string of the molecule is COc1cc(OCC(=O)Nc2ccc(Cl)cc2C)ccc1[N+](=O)[O-]. The molecule has 0 radical (unpaired) electrons. The van der Waals surface area contributed by atoms with Crippen LogP contribution in [0.3, 0.4) is 0 Å². The van der Waals surface area contributed by atoms with Crippen molar-refractivity contribution in [3.63, 3.8) is 0 Å². The molecule has 7 nitrogen and oxygen atoms in total. The molecule has 24 heavy (non-hydrogen) atoms. The van der Waals surface area contributed by atoms with Gasteiger partial charge < -0.3 is 14.8 Å². The van der Waals surface area contributed by atoms with E-state index >= 15 is 0 Å². The second kappa shape index (κ2) is 7.65. The minimum atomic E-state index is -0.557. The van der Waals surface area contributed by atoms with Gasteiger partial charge in [-0.2, -0.15) is 0 Å². The molecule has 2 aromatic rings. The monoisotopic (exact) mass is 350 g/mol. The molecule has 0 spiro atoms. The molecular weight excluding hydrogens is 336 g/mol. The molecule has 0 saturated heterocycles. The van der Waals surface area contributed by atoms with Crippen LogP contribution < -0.4 is 14.8 Å². The van der Waals surface area contributed by atoms with E-state index in [-0.39, 0.29) is 24.0 Å². The molecule has 0 aliphatic heterocycles. The van der Waals surface area contributed by atoms with Gasteiger partial charge >= 0.3 is 5.69 Å². The number of nitro benzene ring substituents is 1. The Bertz CT molecular complexity index is 779. The average Bonchev–Trinajstić information content (AvgIpc) is 2.55. The van der Waals surface area contributed by atoms with Crippen molar-refractivity contribution in [2.24, 2.45) is 0 Å². The number of benzene rings is 2. The second-order valence-corrected chi connectivity index (χ2v) is 5.32. The molecule has 0 bridgehead atoms. The number of amides is 1. The van der Waals surface area contributed by atoms with Crippen LogP contribution in [0.2, 0.25) is 5.02 Å². The van der Waals surface area contributed by atoms with Gasteiger partial charge in [0.1, 0.15) is 5.75 Å². The fourth-order valence-corrected chi connectivity index (χ4v) is 2.23. The Hall–Kier alpha value is -2.80. The number of ether oxygens (including phenoxy) is 2. The molecule has 0 aliphatic carbocycles. The van der Waals surface area contributed by atoms with Crippen LogP contribution in [0.25, 0.3) is 0 Å². The van der Waals surface area contributed by atoms with Crippen molar-refractivity contribution in [3.8, 4) is 11.5 Å². The maximum Gasteiger partial charge on any atom is 0.311 e. The van der Waals surface area contributed by atoms with Gasteiger partial charge in [-0.05, 0) is 36.8 Å². The molecule has 1 amide bonds. The summed E-state index contributed by atoms with van der Waals surface area (Å²) in [6.45, 7) is 1.58. The van der Waals surface area contributed by atoms with E-state index in [9.17, 15) is 14.9 Å². The number of nitrogens with one attached hydrogen (secondary N) is 1. The molecular formula is C16H15ClN2O5. The first-order valence-corrected chi connectivity index (χ1v) is 7.29. The van der Waals surface area contributed by atoms with Crippen molar-refractivity contribution in [2.75, 3.05) is 19.0 Å². The molecule has 0 heterocycles. The predicted molar refractivity (Wildman–Crippen MR) is 90.0 cm³/mol. The summed E-state index contributed by atoms with van der Waals surface area (Å²) in [5.41, 5.74) is 1.29. The van der Waals surface area contributed by atoms with Gasteiger partial charge in [-0.15, -0.1) is 0 Å². The summed E-state index contributed by atoms with van der Waals surface area (Å²) in [4.78, 5) is 22.2. The molecule has 2 aromatic carbocycles. The largest absolute Gasteiger partial charge is 0.490 e. The van der Waals surface area contributed by atoms with Gasteiger partial charge in [0.25, 0.3) is 5.91 Å². The Morgan fingerprint density at radius 1 is 1.29 bits per heavy atom. The molecule has 0 aromatic heterocycles. The van der Waals surface area contributed by atoms with Gasteiger partial charge in [0.15, 0.2) is 6.61 Å². The van der Waals surface area contributed by atoms with Gasteiger partial charge in [0, 0.05) is 22.8 Å². The number of hydrogen-bond acceptors (Lipinski definition) is 5. The van der Waals surface area contributed by atoms with E-state index < -0.39 is 4.92 Å². The number of rotatable bonds is 6. The Balaban J connectivity index is 2.00. The molecule has 0 atom stereocenters. The summed E-state index contributed by atoms with van der Waals surface area (Å²) >= 11 is 5.86. The van der Waals surface area contributed by atoms with Gasteiger partial charge in [-0.1, -0.05) is 11.6 Å². The van der Waals surface area contributed by atoms with Gasteiger partial charge in [-0.3, -0.25) is 14.9 Å². The quantitative estimate of drug-likeness (QED) is 0.635. The van der Waals surface area contributed by atoms with Gasteiger partial charge in [-0.25, -0.2) is 0 Å². The van der Waals surface area contributed by atoms with Crippen molar-refractivity contribution in [2.45, 2.75) is 6.92 Å². The highest BCUT2D eigenvalue weighted by Crippen LogP contribution is 2.30. The Morgan fingerprint density at radius 2 is 2.04 bits per heavy atom. The van der Waals surface area contributed by atoms with Crippen LogP contribution in [0, 0.1) is 17.0 Å². The summed E-state index contributed by atoms with van der Waals surface area (Å²) < 4.78 is 10.3. The van der Waals surface area contributed by atoms with Crippen molar-refractivity contribution in [1.82, 2.24) is 0 Å². The summed E-state index contributed by atoms with van der Waals surface area (Å²) in [6.07, 6.45) is 0. The van der Waals surface area contributed by atoms with E-state index in [1.54, 1.807) is 18.2 Å². The molecule has 126 valence electrons. The zero-order valence-electron chi connectivity index (χ0n) is 13.0. The zero-order chi connectivity index (χ0) is 17.7. The molecule has 0 fully saturated rings. The lowest BCUT2D eigenvalue weighted by Crippen LogP contribution is -2.20. The first-order valence-electron chi connectivity index (χ1n) is 6.92. The number of halogens is 1. The van der Waals surface area contributed by atoms with Gasteiger partial charge in [0.2, 0.25) is 5.75 Å². The Kier molecular flexibility index (Phi) is 5.59. The molecule has 8 heteroatoms. The van der Waals surface area contributed by atoms with E-state index in [2.05, 4.69) is 5.32 Å². The maximum atomic E-state index is 11.9. The highest BCUT2D eigenvalue weighted by molar-refractivity contribution is 6.30. The standard InChI is InChI=1S/C16H15ClN2O5/c1-10-7-11(17)3-5-13(10)18-16(20)9-24-12-4-6-14(19(21)22)15(8-12)23-2/h3-8H,9H2,1-2H3,(H,18,20). The molecule has 1 N–H and O–H groups in total.